The second-order valence-corrected chi connectivity index (χ2v) is 5.49. The Bertz CT molecular complexity index is 377. The minimum absolute atomic E-state index is 0.0918. The molecule has 0 radical (unpaired) electrons. The molecule has 0 saturated carbocycles. The van der Waals surface area contributed by atoms with Crippen LogP contribution in [0.25, 0.3) is 0 Å². The summed E-state index contributed by atoms with van der Waals surface area (Å²) in [7, 11) is -1.10. The van der Waals surface area contributed by atoms with Crippen molar-refractivity contribution in [2.75, 3.05) is 6.54 Å². The van der Waals surface area contributed by atoms with E-state index in [1.165, 1.54) is 0 Å². The highest BCUT2D eigenvalue weighted by molar-refractivity contribution is 6.40. The van der Waals surface area contributed by atoms with E-state index in [1.807, 2.05) is 6.92 Å². The number of amides is 1. The van der Waals surface area contributed by atoms with Crippen LogP contribution in [0.15, 0.2) is 0 Å². The number of carboxylic acids is 1. The molecule has 1 fully saturated rings. The lowest BCUT2D eigenvalue weighted by Crippen LogP contribution is -2.53. The molecule has 0 unspecified atom stereocenters. The molecule has 7 N–H and O–H groups in total. The first-order valence-corrected chi connectivity index (χ1v) is 7.99. The van der Waals surface area contributed by atoms with E-state index in [-0.39, 0.29) is 11.9 Å². The van der Waals surface area contributed by atoms with E-state index >= 15 is 0 Å². The van der Waals surface area contributed by atoms with Gasteiger partial charge in [0, 0.05) is 6.04 Å². The first-order valence-electron chi connectivity index (χ1n) is 7.99. The van der Waals surface area contributed by atoms with Gasteiger partial charge in [0.15, 0.2) is 0 Å². The smallest absolute Gasteiger partial charge is 0.451 e. The van der Waals surface area contributed by atoms with Crippen molar-refractivity contribution in [1.82, 2.24) is 10.6 Å². The molecule has 1 aliphatic rings. The molecule has 1 aliphatic heterocycles. The maximum atomic E-state index is 11.3. The molecule has 0 spiro atoms. The summed E-state index contributed by atoms with van der Waals surface area (Å²) in [6.45, 7) is 4.22. The van der Waals surface area contributed by atoms with Crippen molar-refractivity contribution >= 4 is 19.0 Å². The van der Waals surface area contributed by atoms with Gasteiger partial charge in [-0.25, -0.2) is 0 Å². The van der Waals surface area contributed by atoms with Crippen LogP contribution >= 0.6 is 0 Å². The highest BCUT2D eigenvalue weighted by atomic mass is 16.4. The average molecular weight is 343 g/mol. The molecule has 1 heterocycles. The first-order chi connectivity index (χ1) is 11.3. The molecule has 24 heavy (non-hydrogen) atoms. The van der Waals surface area contributed by atoms with E-state index in [1.54, 1.807) is 6.92 Å². The van der Waals surface area contributed by atoms with Crippen molar-refractivity contribution in [2.24, 2.45) is 5.73 Å². The molecule has 0 aliphatic carbocycles. The normalized spacial score (nSPS) is 20.3. The standard InChI is InChI=1S/C9H17N3O3.C4H11BO2.C2H2/c1-5(10)8(13)12-6-2-3-11-7(4-6)9(14)15;1-2-3-4-5(6)7;1-2/h5-7,11H,2-4,10H2,1H3,(H,12,13)(H,14,15);6-7H,2-4H2,1H3;1-2H/t5-,6-,7+;;/m0../s1. The molecule has 1 saturated heterocycles. The van der Waals surface area contributed by atoms with E-state index in [9.17, 15) is 9.59 Å². The average Bonchev–Trinajstić information content (AvgIpc) is 2.55. The third kappa shape index (κ3) is 12.9. The Balaban J connectivity index is 0. The van der Waals surface area contributed by atoms with Crippen LogP contribution in [-0.4, -0.2) is 58.8 Å². The zero-order chi connectivity index (χ0) is 19.1. The number of piperidine rings is 1. The van der Waals surface area contributed by atoms with Crippen LogP contribution in [0.1, 0.15) is 39.5 Å². The van der Waals surface area contributed by atoms with Crippen LogP contribution in [-0.2, 0) is 9.59 Å². The second kappa shape index (κ2) is 15.0. The van der Waals surface area contributed by atoms with Crippen molar-refractivity contribution in [3.8, 4) is 12.8 Å². The third-order valence-corrected chi connectivity index (χ3v) is 3.28. The van der Waals surface area contributed by atoms with Gasteiger partial charge in [0.2, 0.25) is 5.91 Å². The summed E-state index contributed by atoms with van der Waals surface area (Å²) in [5, 5.41) is 30.9. The molecule has 0 aromatic heterocycles. The molecule has 138 valence electrons. The largest absolute Gasteiger partial charge is 0.480 e. The number of aliphatic carboxylic acids is 1. The predicted octanol–water partition coefficient (Wildman–Crippen LogP) is -0.836. The molecule has 8 nitrogen and oxygen atoms in total. The van der Waals surface area contributed by atoms with Crippen LogP contribution in [0.2, 0.25) is 6.32 Å². The SMILES string of the molecule is C#C.CCCCB(O)O.C[C@H](N)C(=O)N[C@H]1CCN[C@@H](C(=O)O)C1. The fourth-order valence-corrected chi connectivity index (χ4v) is 1.96. The molecule has 0 aromatic rings. The lowest BCUT2D eigenvalue weighted by atomic mass is 9.84. The van der Waals surface area contributed by atoms with Crippen LogP contribution < -0.4 is 16.4 Å². The van der Waals surface area contributed by atoms with Crippen molar-refractivity contribution < 1.29 is 24.7 Å². The Morgan fingerprint density at radius 3 is 2.38 bits per heavy atom. The van der Waals surface area contributed by atoms with Gasteiger partial charge in [-0.1, -0.05) is 19.8 Å². The molecule has 1 rings (SSSR count). The van der Waals surface area contributed by atoms with E-state index in [4.69, 9.17) is 20.9 Å². The van der Waals surface area contributed by atoms with Crippen molar-refractivity contribution in [1.29, 1.82) is 0 Å². The summed E-state index contributed by atoms with van der Waals surface area (Å²) in [6.07, 6.45) is 11.6. The Labute approximate surface area is 144 Å². The monoisotopic (exact) mass is 343 g/mol. The summed E-state index contributed by atoms with van der Waals surface area (Å²) in [6, 6.07) is -1.22. The van der Waals surface area contributed by atoms with Gasteiger partial charge >= 0.3 is 13.1 Å². The number of nitrogens with two attached hydrogens (primary N) is 1. The van der Waals surface area contributed by atoms with Crippen molar-refractivity contribution in [3.63, 3.8) is 0 Å². The van der Waals surface area contributed by atoms with Gasteiger partial charge in [0.25, 0.3) is 0 Å². The number of rotatable bonds is 6. The summed E-state index contributed by atoms with van der Waals surface area (Å²) < 4.78 is 0. The number of hydrogen-bond donors (Lipinski definition) is 6. The maximum Gasteiger partial charge on any atom is 0.451 e. The van der Waals surface area contributed by atoms with Gasteiger partial charge in [-0.15, -0.1) is 12.8 Å². The Hall–Kier alpha value is -1.60. The molecular formula is C15H30BN3O5. The highest BCUT2D eigenvalue weighted by Gasteiger charge is 2.27. The fourth-order valence-electron chi connectivity index (χ4n) is 1.96. The van der Waals surface area contributed by atoms with Gasteiger partial charge < -0.3 is 31.5 Å². The van der Waals surface area contributed by atoms with E-state index in [0.717, 1.165) is 19.3 Å². The molecule has 9 heteroatoms. The fraction of sp³-hybridized carbons (Fsp3) is 0.733. The number of carbonyl (C=O) groups is 2. The summed E-state index contributed by atoms with van der Waals surface area (Å²) in [5.74, 6) is -1.11. The van der Waals surface area contributed by atoms with Gasteiger partial charge in [-0.2, -0.15) is 0 Å². The number of carboxylic acid groups (broad SMARTS) is 1. The quantitative estimate of drug-likeness (QED) is 0.272. The van der Waals surface area contributed by atoms with Crippen molar-refractivity contribution in [3.05, 3.63) is 0 Å². The van der Waals surface area contributed by atoms with Crippen LogP contribution in [0, 0.1) is 12.8 Å². The van der Waals surface area contributed by atoms with E-state index < -0.39 is 25.2 Å². The molecule has 1 amide bonds. The number of unbranched alkanes of at least 4 members (excludes halogenated alkanes) is 1. The minimum atomic E-state index is -1.10. The second-order valence-electron chi connectivity index (χ2n) is 5.49. The number of nitrogens with one attached hydrogen (secondary N) is 2. The van der Waals surface area contributed by atoms with Gasteiger partial charge in [-0.3, -0.25) is 9.59 Å². The molecular weight excluding hydrogens is 313 g/mol. The Morgan fingerprint density at radius 1 is 1.42 bits per heavy atom. The number of terminal acetylenes is 1. The minimum Gasteiger partial charge on any atom is -0.480 e. The Morgan fingerprint density at radius 2 is 2.00 bits per heavy atom. The predicted molar refractivity (Wildman–Crippen MR) is 94.0 cm³/mol. The van der Waals surface area contributed by atoms with Gasteiger partial charge in [0.1, 0.15) is 6.04 Å². The summed E-state index contributed by atoms with van der Waals surface area (Å²) in [5.41, 5.74) is 5.40. The third-order valence-electron chi connectivity index (χ3n) is 3.28. The number of hydrogen-bond acceptors (Lipinski definition) is 6. The van der Waals surface area contributed by atoms with Crippen LogP contribution in [0.4, 0.5) is 0 Å². The highest BCUT2D eigenvalue weighted by Crippen LogP contribution is 2.08. The lowest BCUT2D eigenvalue weighted by molar-refractivity contribution is -0.140. The number of carbonyl (C=O) groups excluding carboxylic acids is 1. The lowest BCUT2D eigenvalue weighted by Gasteiger charge is -2.28. The zero-order valence-electron chi connectivity index (χ0n) is 14.4. The topological polar surface area (TPSA) is 145 Å². The zero-order valence-corrected chi connectivity index (χ0v) is 14.4. The van der Waals surface area contributed by atoms with Crippen LogP contribution in [0.3, 0.4) is 0 Å². The molecule has 0 aromatic carbocycles. The Kier molecular flexibility index (Phi) is 15.4. The summed E-state index contributed by atoms with van der Waals surface area (Å²) >= 11 is 0. The molecule has 3 atom stereocenters. The van der Waals surface area contributed by atoms with Crippen LogP contribution in [0.5, 0.6) is 0 Å². The first kappa shape index (κ1) is 24.7. The molecule has 0 bridgehead atoms. The van der Waals surface area contributed by atoms with E-state index in [2.05, 4.69) is 23.5 Å². The maximum absolute atomic E-state index is 11.3. The van der Waals surface area contributed by atoms with Crippen molar-refractivity contribution in [2.45, 2.75) is 64.0 Å². The van der Waals surface area contributed by atoms with E-state index in [0.29, 0.717) is 19.3 Å². The van der Waals surface area contributed by atoms with Gasteiger partial charge in [0.05, 0.1) is 6.04 Å². The summed E-state index contributed by atoms with van der Waals surface area (Å²) in [4.78, 5) is 22.0. The van der Waals surface area contributed by atoms with Gasteiger partial charge in [-0.05, 0) is 32.6 Å².